The number of hydrogen-bond acceptors (Lipinski definition) is 4. The standard InChI is InChI=1S/C23H30ClN3O3S/c1-5-16(2)27(31(29,30)21-8-6-7-19(24)14-21)15-18-13-20(11-12-22(18)26(3)4)25-23(28)17-9-10-17/h6-8,11-14,16-17H,5,9-10,15H2,1-4H3,(H,25,28). The Bertz CT molecular complexity index is 1050. The number of benzene rings is 2. The molecular weight excluding hydrogens is 434 g/mol. The second-order valence-electron chi connectivity index (χ2n) is 8.27. The Morgan fingerprint density at radius 3 is 2.48 bits per heavy atom. The van der Waals surface area contributed by atoms with Crippen molar-refractivity contribution in [1.82, 2.24) is 4.31 Å². The van der Waals surface area contributed by atoms with Crippen LogP contribution in [0.3, 0.4) is 0 Å². The highest BCUT2D eigenvalue weighted by Gasteiger charge is 2.31. The first-order valence-corrected chi connectivity index (χ1v) is 12.3. The number of carbonyl (C=O) groups is 1. The fraction of sp³-hybridized carbons (Fsp3) is 0.435. The topological polar surface area (TPSA) is 69.7 Å². The van der Waals surface area contributed by atoms with Gasteiger partial charge in [0.15, 0.2) is 0 Å². The third-order valence-electron chi connectivity index (χ3n) is 5.59. The largest absolute Gasteiger partial charge is 0.377 e. The van der Waals surface area contributed by atoms with Gasteiger partial charge in [0.1, 0.15) is 0 Å². The van der Waals surface area contributed by atoms with Crippen LogP contribution >= 0.6 is 11.6 Å². The van der Waals surface area contributed by atoms with E-state index in [1.807, 2.05) is 51.0 Å². The lowest BCUT2D eigenvalue weighted by atomic mass is 10.1. The van der Waals surface area contributed by atoms with Gasteiger partial charge >= 0.3 is 0 Å². The van der Waals surface area contributed by atoms with E-state index in [1.54, 1.807) is 18.2 Å². The van der Waals surface area contributed by atoms with Crippen molar-refractivity contribution in [1.29, 1.82) is 0 Å². The highest BCUT2D eigenvalue weighted by Crippen LogP contribution is 2.32. The molecule has 31 heavy (non-hydrogen) atoms. The lowest BCUT2D eigenvalue weighted by molar-refractivity contribution is -0.117. The van der Waals surface area contributed by atoms with Gasteiger partial charge < -0.3 is 10.2 Å². The van der Waals surface area contributed by atoms with Gasteiger partial charge in [-0.2, -0.15) is 4.31 Å². The molecule has 0 bridgehead atoms. The summed E-state index contributed by atoms with van der Waals surface area (Å²) in [5.74, 6) is 0.116. The molecule has 1 amide bonds. The first-order valence-electron chi connectivity index (χ1n) is 10.5. The van der Waals surface area contributed by atoms with Crippen molar-refractivity contribution >= 4 is 38.9 Å². The van der Waals surface area contributed by atoms with Gasteiger partial charge in [0.2, 0.25) is 15.9 Å². The number of carbonyl (C=O) groups excluding carboxylic acids is 1. The molecule has 2 aromatic carbocycles. The summed E-state index contributed by atoms with van der Waals surface area (Å²) in [4.78, 5) is 14.3. The summed E-state index contributed by atoms with van der Waals surface area (Å²) in [7, 11) is 0.0621. The molecule has 8 heteroatoms. The fourth-order valence-corrected chi connectivity index (χ4v) is 5.41. The Hall–Kier alpha value is -2.09. The molecule has 1 aliphatic carbocycles. The molecule has 0 radical (unpaired) electrons. The van der Waals surface area contributed by atoms with Crippen LogP contribution in [0.25, 0.3) is 0 Å². The summed E-state index contributed by atoms with van der Waals surface area (Å²) in [5, 5.41) is 3.34. The summed E-state index contributed by atoms with van der Waals surface area (Å²) in [5.41, 5.74) is 2.41. The molecule has 0 spiro atoms. The minimum Gasteiger partial charge on any atom is -0.377 e. The van der Waals surface area contributed by atoms with E-state index in [-0.39, 0.29) is 29.3 Å². The van der Waals surface area contributed by atoms with Crippen LogP contribution in [0.15, 0.2) is 47.4 Å². The molecule has 6 nitrogen and oxygen atoms in total. The molecule has 0 saturated heterocycles. The van der Waals surface area contributed by atoms with Crippen LogP contribution in [0.2, 0.25) is 5.02 Å². The van der Waals surface area contributed by atoms with Crippen LogP contribution in [0.4, 0.5) is 11.4 Å². The third kappa shape index (κ3) is 5.59. The summed E-state index contributed by atoms with van der Waals surface area (Å²) < 4.78 is 28.5. The van der Waals surface area contributed by atoms with Crippen molar-refractivity contribution < 1.29 is 13.2 Å². The predicted octanol–water partition coefficient (Wildman–Crippen LogP) is 4.74. The quantitative estimate of drug-likeness (QED) is 0.582. The minimum atomic E-state index is -3.77. The number of rotatable bonds is 9. The van der Waals surface area contributed by atoms with Crippen molar-refractivity contribution in [3.8, 4) is 0 Å². The molecular formula is C23H30ClN3O3S. The Morgan fingerprint density at radius 2 is 1.90 bits per heavy atom. The number of sulfonamides is 1. The molecule has 3 rings (SSSR count). The van der Waals surface area contributed by atoms with E-state index < -0.39 is 10.0 Å². The summed E-state index contributed by atoms with van der Waals surface area (Å²) in [6.45, 7) is 4.05. The van der Waals surface area contributed by atoms with Crippen LogP contribution in [0.1, 0.15) is 38.7 Å². The van der Waals surface area contributed by atoms with Gasteiger partial charge in [0.25, 0.3) is 0 Å². The number of nitrogens with zero attached hydrogens (tertiary/aromatic N) is 2. The number of anilines is 2. The lowest BCUT2D eigenvalue weighted by Gasteiger charge is -2.30. The van der Waals surface area contributed by atoms with E-state index in [4.69, 9.17) is 11.6 Å². The molecule has 1 aliphatic rings. The maximum Gasteiger partial charge on any atom is 0.243 e. The van der Waals surface area contributed by atoms with Gasteiger partial charge in [-0.25, -0.2) is 8.42 Å². The van der Waals surface area contributed by atoms with Gasteiger partial charge in [-0.1, -0.05) is 24.6 Å². The van der Waals surface area contributed by atoms with E-state index in [0.29, 0.717) is 17.1 Å². The van der Waals surface area contributed by atoms with Crippen molar-refractivity contribution in [2.75, 3.05) is 24.3 Å². The molecule has 1 fully saturated rings. The average molecular weight is 464 g/mol. The fourth-order valence-electron chi connectivity index (χ4n) is 3.43. The Morgan fingerprint density at radius 1 is 1.19 bits per heavy atom. The Labute approximate surface area is 190 Å². The average Bonchev–Trinajstić information content (AvgIpc) is 3.56. The molecule has 1 N–H and O–H groups in total. The second-order valence-corrected chi connectivity index (χ2v) is 10.6. The molecule has 0 heterocycles. The monoisotopic (exact) mass is 463 g/mol. The van der Waals surface area contributed by atoms with Gasteiger partial charge in [0.05, 0.1) is 4.90 Å². The van der Waals surface area contributed by atoms with E-state index in [1.165, 1.54) is 10.4 Å². The van der Waals surface area contributed by atoms with E-state index >= 15 is 0 Å². The smallest absolute Gasteiger partial charge is 0.243 e. The van der Waals surface area contributed by atoms with Crippen LogP contribution in [0, 0.1) is 5.92 Å². The van der Waals surface area contributed by atoms with Crippen molar-refractivity contribution in [3.05, 3.63) is 53.1 Å². The zero-order chi connectivity index (χ0) is 22.8. The van der Waals surface area contributed by atoms with Crippen LogP contribution in [0.5, 0.6) is 0 Å². The molecule has 2 aromatic rings. The summed E-state index contributed by atoms with van der Waals surface area (Å²) in [6.07, 6.45) is 2.51. The van der Waals surface area contributed by atoms with E-state index in [0.717, 1.165) is 24.1 Å². The maximum atomic E-state index is 13.5. The number of halogens is 1. The highest BCUT2D eigenvalue weighted by molar-refractivity contribution is 7.89. The number of hydrogen-bond donors (Lipinski definition) is 1. The van der Waals surface area contributed by atoms with Gasteiger partial charge in [-0.15, -0.1) is 0 Å². The normalized spacial score (nSPS) is 15.0. The molecule has 1 atom stereocenters. The first-order chi connectivity index (χ1) is 14.6. The third-order valence-corrected chi connectivity index (χ3v) is 7.78. The maximum absolute atomic E-state index is 13.5. The lowest BCUT2D eigenvalue weighted by Crippen LogP contribution is -2.38. The number of amides is 1. The predicted molar refractivity (Wildman–Crippen MR) is 126 cm³/mol. The van der Waals surface area contributed by atoms with Gasteiger partial charge in [-0.3, -0.25) is 4.79 Å². The van der Waals surface area contributed by atoms with Crippen molar-refractivity contribution in [3.63, 3.8) is 0 Å². The van der Waals surface area contributed by atoms with Crippen LogP contribution < -0.4 is 10.2 Å². The summed E-state index contributed by atoms with van der Waals surface area (Å²) >= 11 is 6.07. The van der Waals surface area contributed by atoms with Crippen LogP contribution in [-0.4, -0.2) is 38.8 Å². The first kappa shape index (κ1) is 23.6. The van der Waals surface area contributed by atoms with Gasteiger partial charge in [-0.05, 0) is 68.1 Å². The molecule has 0 aliphatic heterocycles. The zero-order valence-corrected chi connectivity index (χ0v) is 20.0. The van der Waals surface area contributed by atoms with Crippen molar-refractivity contribution in [2.45, 2.75) is 50.6 Å². The molecule has 168 valence electrons. The van der Waals surface area contributed by atoms with Crippen molar-refractivity contribution in [2.24, 2.45) is 5.92 Å². The summed E-state index contributed by atoms with van der Waals surface area (Å²) in [6, 6.07) is 11.8. The molecule has 1 unspecified atom stereocenters. The minimum absolute atomic E-state index is 0.0221. The Kier molecular flexibility index (Phi) is 7.29. The number of nitrogens with one attached hydrogen (secondary N) is 1. The molecule has 1 saturated carbocycles. The van der Waals surface area contributed by atoms with Gasteiger partial charge in [0, 0.05) is 49.0 Å². The zero-order valence-electron chi connectivity index (χ0n) is 18.4. The van der Waals surface area contributed by atoms with Crippen LogP contribution in [-0.2, 0) is 21.4 Å². The van der Waals surface area contributed by atoms with E-state index in [2.05, 4.69) is 5.32 Å². The second kappa shape index (κ2) is 9.59. The molecule has 0 aromatic heterocycles. The van der Waals surface area contributed by atoms with E-state index in [9.17, 15) is 13.2 Å². The highest BCUT2D eigenvalue weighted by atomic mass is 35.5. The Balaban J connectivity index is 1.98. The SMILES string of the molecule is CCC(C)N(Cc1cc(NC(=O)C2CC2)ccc1N(C)C)S(=O)(=O)c1cccc(Cl)c1.